The van der Waals surface area contributed by atoms with Gasteiger partial charge in [0.25, 0.3) is 5.91 Å². The molecule has 7 nitrogen and oxygen atoms in total. The fourth-order valence-corrected chi connectivity index (χ4v) is 6.10. The molecule has 3 heterocycles. The summed E-state index contributed by atoms with van der Waals surface area (Å²) in [4.78, 5) is 17.7. The number of hydrogen-bond donors (Lipinski definition) is 1. The van der Waals surface area contributed by atoms with Gasteiger partial charge in [-0.05, 0) is 72.0 Å². The molecule has 1 amide bonds. The molecule has 34 heavy (non-hydrogen) atoms. The Morgan fingerprint density at radius 2 is 1.88 bits per heavy atom. The SMILES string of the molecule is Cc1cc(-n2cccn2)ccc1S(=O)(=O)c1ccc(CNC(=O)c2cc3ccncc3s2)cc1. The normalized spacial score (nSPS) is 11.6. The van der Waals surface area contributed by atoms with Gasteiger partial charge in [-0.2, -0.15) is 5.10 Å². The summed E-state index contributed by atoms with van der Waals surface area (Å²) in [6.07, 6.45) is 6.91. The van der Waals surface area contributed by atoms with E-state index in [9.17, 15) is 13.2 Å². The molecule has 2 aromatic carbocycles. The standard InChI is InChI=1S/C25H20N4O3S2/c1-17-13-20(29-12-2-10-28-29)5-8-24(17)34(31,32)21-6-3-18(4-7-21)15-27-25(30)22-14-19-9-11-26-16-23(19)33-22/h2-14,16H,15H2,1H3,(H,27,30). The second-order valence-corrected chi connectivity index (χ2v) is 10.8. The molecular weight excluding hydrogens is 468 g/mol. The predicted octanol–water partition coefficient (Wildman–Crippen LogP) is 4.55. The van der Waals surface area contributed by atoms with Crippen LogP contribution in [-0.2, 0) is 16.4 Å². The Kier molecular flexibility index (Phi) is 5.72. The second kappa shape index (κ2) is 8.85. The number of sulfone groups is 1. The minimum Gasteiger partial charge on any atom is -0.347 e. The molecule has 0 aliphatic carbocycles. The van der Waals surface area contributed by atoms with Crippen LogP contribution in [0.15, 0.2) is 95.2 Å². The molecule has 9 heteroatoms. The van der Waals surface area contributed by atoms with Crippen molar-refractivity contribution in [3.63, 3.8) is 0 Å². The monoisotopic (exact) mass is 488 g/mol. The van der Waals surface area contributed by atoms with Gasteiger partial charge < -0.3 is 5.32 Å². The Morgan fingerprint density at radius 1 is 1.06 bits per heavy atom. The first-order chi connectivity index (χ1) is 16.4. The number of hydrogen-bond acceptors (Lipinski definition) is 6. The average molecular weight is 489 g/mol. The average Bonchev–Trinajstić information content (AvgIpc) is 3.53. The number of fused-ring (bicyclic) bond motifs is 1. The van der Waals surface area contributed by atoms with E-state index in [1.807, 2.05) is 18.2 Å². The molecule has 3 aromatic heterocycles. The third-order valence-corrected chi connectivity index (χ3v) is 8.46. The summed E-state index contributed by atoms with van der Waals surface area (Å²) in [7, 11) is -3.68. The van der Waals surface area contributed by atoms with Gasteiger partial charge in [0.15, 0.2) is 0 Å². The van der Waals surface area contributed by atoms with Crippen molar-refractivity contribution in [2.24, 2.45) is 0 Å². The van der Waals surface area contributed by atoms with Crippen molar-refractivity contribution in [2.75, 3.05) is 0 Å². The summed E-state index contributed by atoms with van der Waals surface area (Å²) >= 11 is 1.39. The summed E-state index contributed by atoms with van der Waals surface area (Å²) in [6, 6.07) is 17.2. The smallest absolute Gasteiger partial charge is 0.261 e. The van der Waals surface area contributed by atoms with Crippen molar-refractivity contribution in [1.29, 1.82) is 0 Å². The zero-order chi connectivity index (χ0) is 23.7. The van der Waals surface area contributed by atoms with Crippen LogP contribution in [0.3, 0.4) is 0 Å². The molecule has 0 aliphatic heterocycles. The van der Waals surface area contributed by atoms with Crippen LogP contribution in [0.25, 0.3) is 15.8 Å². The summed E-state index contributed by atoms with van der Waals surface area (Å²) in [5.41, 5.74) is 2.24. The lowest BCUT2D eigenvalue weighted by Gasteiger charge is -2.11. The topological polar surface area (TPSA) is 94.0 Å². The first-order valence-electron chi connectivity index (χ1n) is 10.5. The Balaban J connectivity index is 1.30. The van der Waals surface area contributed by atoms with Crippen LogP contribution in [0.4, 0.5) is 0 Å². The summed E-state index contributed by atoms with van der Waals surface area (Å²) < 4.78 is 29.0. The van der Waals surface area contributed by atoms with Gasteiger partial charge in [0, 0.05) is 31.3 Å². The predicted molar refractivity (Wildman–Crippen MR) is 131 cm³/mol. The lowest BCUT2D eigenvalue weighted by atomic mass is 10.2. The molecule has 0 saturated heterocycles. The van der Waals surface area contributed by atoms with E-state index < -0.39 is 9.84 Å². The Hall–Kier alpha value is -3.82. The van der Waals surface area contributed by atoms with Gasteiger partial charge in [-0.15, -0.1) is 11.3 Å². The van der Waals surface area contributed by atoms with Crippen LogP contribution in [0.2, 0.25) is 0 Å². The van der Waals surface area contributed by atoms with Gasteiger partial charge in [-0.1, -0.05) is 12.1 Å². The highest BCUT2D eigenvalue weighted by Gasteiger charge is 2.20. The first-order valence-corrected chi connectivity index (χ1v) is 12.8. The number of rotatable bonds is 6. The second-order valence-electron chi connectivity index (χ2n) is 7.75. The first kappa shape index (κ1) is 22.0. The minimum atomic E-state index is -3.68. The van der Waals surface area contributed by atoms with Crippen LogP contribution < -0.4 is 5.32 Å². The quantitative estimate of drug-likeness (QED) is 0.378. The highest BCUT2D eigenvalue weighted by molar-refractivity contribution is 7.91. The molecule has 170 valence electrons. The van der Waals surface area contributed by atoms with E-state index in [1.54, 1.807) is 78.9 Å². The zero-order valence-corrected chi connectivity index (χ0v) is 19.8. The maximum atomic E-state index is 13.2. The summed E-state index contributed by atoms with van der Waals surface area (Å²) in [5.74, 6) is -0.175. The number of benzene rings is 2. The fraction of sp³-hybridized carbons (Fsp3) is 0.0800. The number of carbonyl (C=O) groups is 1. The molecule has 0 radical (unpaired) electrons. The molecule has 5 aromatic rings. The number of thiophene rings is 1. The van der Waals surface area contributed by atoms with Crippen LogP contribution in [-0.4, -0.2) is 29.1 Å². The van der Waals surface area contributed by atoms with Crippen molar-refractivity contribution in [2.45, 2.75) is 23.3 Å². The van der Waals surface area contributed by atoms with Crippen LogP contribution in [0.1, 0.15) is 20.8 Å². The fourth-order valence-electron chi connectivity index (χ4n) is 3.68. The van der Waals surface area contributed by atoms with E-state index in [0.29, 0.717) is 17.0 Å². The Labute approximate surface area is 200 Å². The van der Waals surface area contributed by atoms with Gasteiger partial charge in [0.1, 0.15) is 0 Å². The molecule has 0 atom stereocenters. The van der Waals surface area contributed by atoms with Gasteiger partial charge in [-0.25, -0.2) is 13.1 Å². The number of pyridine rings is 1. The van der Waals surface area contributed by atoms with E-state index in [-0.39, 0.29) is 15.7 Å². The lowest BCUT2D eigenvalue weighted by molar-refractivity contribution is 0.0955. The van der Waals surface area contributed by atoms with Crippen molar-refractivity contribution >= 4 is 37.2 Å². The Morgan fingerprint density at radius 3 is 2.59 bits per heavy atom. The van der Waals surface area contributed by atoms with E-state index in [4.69, 9.17) is 0 Å². The molecule has 0 bridgehead atoms. The van der Waals surface area contributed by atoms with E-state index in [1.165, 1.54) is 11.3 Å². The van der Waals surface area contributed by atoms with Crippen molar-refractivity contribution in [1.82, 2.24) is 20.1 Å². The Bertz CT molecular complexity index is 1560. The largest absolute Gasteiger partial charge is 0.347 e. The summed E-state index contributed by atoms with van der Waals surface area (Å²) in [5, 5.41) is 8.05. The molecule has 0 saturated carbocycles. The van der Waals surface area contributed by atoms with Gasteiger partial charge in [0.05, 0.1) is 25.1 Å². The molecule has 1 N–H and O–H groups in total. The van der Waals surface area contributed by atoms with E-state index in [0.717, 1.165) is 21.3 Å². The lowest BCUT2D eigenvalue weighted by Crippen LogP contribution is -2.21. The maximum Gasteiger partial charge on any atom is 0.261 e. The van der Waals surface area contributed by atoms with Gasteiger partial charge >= 0.3 is 0 Å². The number of aryl methyl sites for hydroxylation is 1. The highest BCUT2D eigenvalue weighted by atomic mass is 32.2. The zero-order valence-electron chi connectivity index (χ0n) is 18.2. The summed E-state index contributed by atoms with van der Waals surface area (Å²) in [6.45, 7) is 2.07. The molecule has 5 rings (SSSR count). The number of nitrogens with one attached hydrogen (secondary N) is 1. The number of aromatic nitrogens is 3. The molecule has 0 fully saturated rings. The third-order valence-electron chi connectivity index (χ3n) is 5.45. The van der Waals surface area contributed by atoms with E-state index in [2.05, 4.69) is 15.4 Å². The molecule has 0 aliphatic rings. The molecule has 0 unspecified atom stereocenters. The third kappa shape index (κ3) is 4.23. The highest BCUT2D eigenvalue weighted by Crippen LogP contribution is 2.26. The number of nitrogens with zero attached hydrogens (tertiary/aromatic N) is 3. The minimum absolute atomic E-state index is 0.175. The van der Waals surface area contributed by atoms with Crippen molar-refractivity contribution in [3.05, 3.63) is 101 Å². The van der Waals surface area contributed by atoms with Crippen LogP contribution in [0.5, 0.6) is 0 Å². The molecule has 0 spiro atoms. The molecular formula is C25H20N4O3S2. The maximum absolute atomic E-state index is 13.2. The van der Waals surface area contributed by atoms with Gasteiger partial charge in [0.2, 0.25) is 9.84 Å². The van der Waals surface area contributed by atoms with Crippen molar-refractivity contribution in [3.8, 4) is 5.69 Å². The van der Waals surface area contributed by atoms with Crippen molar-refractivity contribution < 1.29 is 13.2 Å². The van der Waals surface area contributed by atoms with Crippen LogP contribution >= 0.6 is 11.3 Å². The van der Waals surface area contributed by atoms with E-state index >= 15 is 0 Å². The van der Waals surface area contributed by atoms with Gasteiger partial charge in [-0.3, -0.25) is 9.78 Å². The number of amides is 1. The van der Waals surface area contributed by atoms with Crippen LogP contribution in [0, 0.1) is 6.92 Å². The number of carbonyl (C=O) groups excluding carboxylic acids is 1.